The molecule has 0 fully saturated rings. The minimum absolute atomic E-state index is 0.0911. The van der Waals surface area contributed by atoms with Crippen molar-refractivity contribution in [1.29, 1.82) is 5.41 Å². The highest BCUT2D eigenvalue weighted by molar-refractivity contribution is 6.42. The molecule has 1 aliphatic heterocycles. The summed E-state index contributed by atoms with van der Waals surface area (Å²) in [5, 5.41) is 7.70. The Kier molecular flexibility index (Phi) is 4.25. The van der Waals surface area contributed by atoms with Gasteiger partial charge in [-0.2, -0.15) is 0 Å². The van der Waals surface area contributed by atoms with Crippen LogP contribution in [0.3, 0.4) is 0 Å². The number of nitrogens with two attached hydrogens (primary N) is 1. The van der Waals surface area contributed by atoms with Crippen molar-refractivity contribution in [3.63, 3.8) is 0 Å². The first-order valence-electron chi connectivity index (χ1n) is 5.46. The summed E-state index contributed by atoms with van der Waals surface area (Å²) in [5.74, 6) is -0.789. The molecule has 0 saturated heterocycles. The summed E-state index contributed by atoms with van der Waals surface area (Å²) in [6, 6.07) is 0. The van der Waals surface area contributed by atoms with E-state index in [0.717, 1.165) is 0 Å². The maximum atomic E-state index is 11.4. The second-order valence-electron chi connectivity index (χ2n) is 3.79. The summed E-state index contributed by atoms with van der Waals surface area (Å²) in [6.45, 7) is 4.07. The fourth-order valence-corrected chi connectivity index (χ4v) is 1.61. The lowest BCUT2D eigenvalue weighted by molar-refractivity contribution is -0.135. The van der Waals surface area contributed by atoms with E-state index in [0.29, 0.717) is 24.2 Å². The average molecular weight is 239 g/mol. The molecule has 1 heterocycles. The molecule has 0 atom stereocenters. The summed E-state index contributed by atoms with van der Waals surface area (Å²) in [7, 11) is 0. The molecule has 0 aromatic carbocycles. The van der Waals surface area contributed by atoms with E-state index >= 15 is 0 Å². The van der Waals surface area contributed by atoms with Gasteiger partial charge < -0.3 is 15.4 Å². The normalized spacial score (nSPS) is 15.8. The average Bonchev–Trinajstić information content (AvgIpc) is 2.28. The van der Waals surface area contributed by atoms with Gasteiger partial charge in [0, 0.05) is 37.7 Å². The third kappa shape index (κ3) is 3.05. The smallest absolute Gasteiger partial charge is 0.356 e. The summed E-state index contributed by atoms with van der Waals surface area (Å²) in [6.07, 6.45) is 0.483. The van der Waals surface area contributed by atoms with Crippen molar-refractivity contribution in [2.75, 3.05) is 19.7 Å². The first kappa shape index (κ1) is 13.2. The highest BCUT2D eigenvalue weighted by Gasteiger charge is 2.25. The Morgan fingerprint density at radius 2 is 2.18 bits per heavy atom. The summed E-state index contributed by atoms with van der Waals surface area (Å²) >= 11 is 0. The van der Waals surface area contributed by atoms with Crippen molar-refractivity contribution in [3.8, 4) is 0 Å². The molecular formula is C11H17N3O3. The Labute approximate surface area is 99.9 Å². The standard InChI is InChI=1S/C11H17N3O3/c1-3-17-11(16)10(13)8-6-14(7(2)15)5-4-9(8)12/h13H,3-6,12H2,1-2H3. The largest absolute Gasteiger partial charge is 0.461 e. The van der Waals surface area contributed by atoms with Crippen LogP contribution in [0.25, 0.3) is 0 Å². The van der Waals surface area contributed by atoms with E-state index in [9.17, 15) is 9.59 Å². The van der Waals surface area contributed by atoms with Gasteiger partial charge in [0.2, 0.25) is 5.91 Å². The Hall–Kier alpha value is -1.85. The third-order valence-electron chi connectivity index (χ3n) is 2.61. The summed E-state index contributed by atoms with van der Waals surface area (Å²) < 4.78 is 4.74. The summed E-state index contributed by atoms with van der Waals surface area (Å²) in [4.78, 5) is 24.2. The molecule has 0 aliphatic carbocycles. The predicted molar refractivity (Wildman–Crippen MR) is 62.4 cm³/mol. The van der Waals surface area contributed by atoms with Crippen LogP contribution in [0.1, 0.15) is 20.3 Å². The van der Waals surface area contributed by atoms with E-state index in [4.69, 9.17) is 15.9 Å². The highest BCUT2D eigenvalue weighted by atomic mass is 16.5. The van der Waals surface area contributed by atoms with Crippen molar-refractivity contribution < 1.29 is 14.3 Å². The van der Waals surface area contributed by atoms with Crippen LogP contribution in [0.5, 0.6) is 0 Å². The second-order valence-corrected chi connectivity index (χ2v) is 3.79. The fourth-order valence-electron chi connectivity index (χ4n) is 1.61. The van der Waals surface area contributed by atoms with Crippen LogP contribution in [0.15, 0.2) is 11.3 Å². The van der Waals surface area contributed by atoms with E-state index in [-0.39, 0.29) is 24.8 Å². The maximum Gasteiger partial charge on any atom is 0.356 e. The van der Waals surface area contributed by atoms with Gasteiger partial charge in [-0.15, -0.1) is 0 Å². The van der Waals surface area contributed by atoms with Crippen molar-refractivity contribution in [1.82, 2.24) is 4.90 Å². The SMILES string of the molecule is CCOC(=O)C(=N)C1=C(N)CCN(C(C)=O)C1. The van der Waals surface area contributed by atoms with Gasteiger partial charge in [0.25, 0.3) is 0 Å². The number of rotatable bonds is 3. The number of carbonyl (C=O) groups excluding carboxylic acids is 2. The lowest BCUT2D eigenvalue weighted by atomic mass is 10.0. The molecule has 0 radical (unpaired) electrons. The third-order valence-corrected chi connectivity index (χ3v) is 2.61. The zero-order valence-corrected chi connectivity index (χ0v) is 10.1. The summed E-state index contributed by atoms with van der Waals surface area (Å²) in [5.41, 5.74) is 6.39. The molecular weight excluding hydrogens is 222 g/mol. The second kappa shape index (κ2) is 5.47. The van der Waals surface area contributed by atoms with Gasteiger partial charge in [0.15, 0.2) is 0 Å². The molecule has 0 saturated carbocycles. The van der Waals surface area contributed by atoms with Gasteiger partial charge in [-0.3, -0.25) is 10.2 Å². The molecule has 94 valence electrons. The fraction of sp³-hybridized carbons (Fsp3) is 0.545. The number of ether oxygens (including phenoxy) is 1. The van der Waals surface area contributed by atoms with Gasteiger partial charge in [-0.1, -0.05) is 0 Å². The molecule has 6 heteroatoms. The molecule has 1 rings (SSSR count). The number of carbonyl (C=O) groups is 2. The topological polar surface area (TPSA) is 96.5 Å². The van der Waals surface area contributed by atoms with Gasteiger partial charge in [0.05, 0.1) is 6.61 Å². The number of hydrogen-bond acceptors (Lipinski definition) is 5. The number of nitrogens with one attached hydrogen (secondary N) is 1. The molecule has 1 aliphatic rings. The van der Waals surface area contributed by atoms with Crippen LogP contribution in [-0.2, 0) is 14.3 Å². The Balaban J connectivity index is 2.84. The Morgan fingerprint density at radius 3 is 2.71 bits per heavy atom. The van der Waals surface area contributed by atoms with E-state index in [1.165, 1.54) is 6.92 Å². The molecule has 0 unspecified atom stereocenters. The van der Waals surface area contributed by atoms with Crippen LogP contribution < -0.4 is 5.73 Å². The number of amides is 1. The number of hydrogen-bond donors (Lipinski definition) is 2. The first-order valence-corrected chi connectivity index (χ1v) is 5.46. The Morgan fingerprint density at radius 1 is 1.53 bits per heavy atom. The van der Waals surface area contributed by atoms with Crippen molar-refractivity contribution in [2.24, 2.45) is 5.73 Å². The molecule has 0 spiro atoms. The highest BCUT2D eigenvalue weighted by Crippen LogP contribution is 2.15. The van der Waals surface area contributed by atoms with E-state index in [1.54, 1.807) is 11.8 Å². The van der Waals surface area contributed by atoms with Gasteiger partial charge in [-0.05, 0) is 6.92 Å². The molecule has 1 amide bonds. The minimum Gasteiger partial charge on any atom is -0.461 e. The lowest BCUT2D eigenvalue weighted by Gasteiger charge is -2.28. The van der Waals surface area contributed by atoms with Crippen molar-refractivity contribution in [2.45, 2.75) is 20.3 Å². The molecule has 17 heavy (non-hydrogen) atoms. The minimum atomic E-state index is -0.698. The van der Waals surface area contributed by atoms with E-state index in [1.807, 2.05) is 0 Å². The van der Waals surface area contributed by atoms with E-state index < -0.39 is 5.97 Å². The van der Waals surface area contributed by atoms with Crippen LogP contribution in [0.2, 0.25) is 0 Å². The zero-order chi connectivity index (χ0) is 13.0. The monoisotopic (exact) mass is 239 g/mol. The molecule has 0 bridgehead atoms. The van der Waals surface area contributed by atoms with Crippen LogP contribution in [-0.4, -0.2) is 42.2 Å². The number of esters is 1. The number of nitrogens with zero attached hydrogens (tertiary/aromatic N) is 1. The Bertz CT molecular complexity index is 387. The molecule has 0 aromatic rings. The van der Waals surface area contributed by atoms with Crippen LogP contribution >= 0.6 is 0 Å². The van der Waals surface area contributed by atoms with Crippen LogP contribution in [0, 0.1) is 5.41 Å². The maximum absolute atomic E-state index is 11.4. The zero-order valence-electron chi connectivity index (χ0n) is 10.1. The first-order chi connectivity index (χ1) is 7.97. The van der Waals surface area contributed by atoms with Gasteiger partial charge in [-0.25, -0.2) is 4.79 Å². The van der Waals surface area contributed by atoms with Crippen LogP contribution in [0.4, 0.5) is 0 Å². The van der Waals surface area contributed by atoms with E-state index in [2.05, 4.69) is 0 Å². The van der Waals surface area contributed by atoms with Crippen molar-refractivity contribution >= 4 is 17.6 Å². The quantitative estimate of drug-likeness (QED) is 0.536. The molecule has 3 N–H and O–H groups in total. The predicted octanol–water partition coefficient (Wildman–Crippen LogP) is 0.0343. The van der Waals surface area contributed by atoms with Gasteiger partial charge >= 0.3 is 5.97 Å². The van der Waals surface area contributed by atoms with Gasteiger partial charge in [0.1, 0.15) is 5.71 Å². The van der Waals surface area contributed by atoms with Crippen molar-refractivity contribution in [3.05, 3.63) is 11.3 Å². The molecule has 6 nitrogen and oxygen atoms in total. The lowest BCUT2D eigenvalue weighted by Crippen LogP contribution is -2.40. The molecule has 0 aromatic heterocycles.